The Morgan fingerprint density at radius 3 is 2.03 bits per heavy atom. The highest BCUT2D eigenvalue weighted by Gasteiger charge is 2.26. The number of amides is 1. The van der Waals surface area contributed by atoms with Crippen LogP contribution in [0.1, 0.15) is 18.4 Å². The molecule has 0 aromatic heterocycles. The Kier molecular flexibility index (Phi) is 8.37. The number of benzene rings is 3. The first-order chi connectivity index (χ1) is 15.7. The maximum absolute atomic E-state index is 12.7. The number of halogens is 1. The SMILES string of the molecule is O=C(CC[C@H](NS(=O)(=O)c1ccc(-c2ccc(Br)cc2)cc1)C(=O)O)NCc1ccccc1. The first kappa shape index (κ1) is 24.6. The molecule has 7 nitrogen and oxygen atoms in total. The molecule has 0 unspecified atom stereocenters. The maximum Gasteiger partial charge on any atom is 0.321 e. The normalized spacial score (nSPS) is 12.2. The molecule has 0 bridgehead atoms. The molecule has 33 heavy (non-hydrogen) atoms. The Labute approximate surface area is 201 Å². The van der Waals surface area contributed by atoms with Crippen LogP contribution in [0.4, 0.5) is 0 Å². The van der Waals surface area contributed by atoms with Crippen molar-refractivity contribution in [1.82, 2.24) is 10.0 Å². The summed E-state index contributed by atoms with van der Waals surface area (Å²) < 4.78 is 28.6. The van der Waals surface area contributed by atoms with E-state index in [9.17, 15) is 23.1 Å². The monoisotopic (exact) mass is 530 g/mol. The van der Waals surface area contributed by atoms with Crippen molar-refractivity contribution in [2.24, 2.45) is 0 Å². The van der Waals surface area contributed by atoms with Crippen LogP contribution in [-0.4, -0.2) is 31.4 Å². The Morgan fingerprint density at radius 1 is 0.879 bits per heavy atom. The van der Waals surface area contributed by atoms with E-state index >= 15 is 0 Å². The highest BCUT2D eigenvalue weighted by atomic mass is 79.9. The Bertz CT molecular complexity index is 1200. The van der Waals surface area contributed by atoms with Gasteiger partial charge in [-0.1, -0.05) is 70.5 Å². The quantitative estimate of drug-likeness (QED) is 0.367. The van der Waals surface area contributed by atoms with Crippen LogP contribution in [0.25, 0.3) is 11.1 Å². The van der Waals surface area contributed by atoms with Gasteiger partial charge in [0.1, 0.15) is 6.04 Å². The van der Waals surface area contributed by atoms with E-state index in [2.05, 4.69) is 26.0 Å². The van der Waals surface area contributed by atoms with Crippen LogP contribution in [0.15, 0.2) is 88.2 Å². The van der Waals surface area contributed by atoms with Gasteiger partial charge in [-0.05, 0) is 47.4 Å². The smallest absolute Gasteiger partial charge is 0.321 e. The first-order valence-corrected chi connectivity index (χ1v) is 12.4. The van der Waals surface area contributed by atoms with E-state index in [1.807, 2.05) is 54.6 Å². The molecule has 172 valence electrons. The zero-order valence-corrected chi connectivity index (χ0v) is 20.0. The van der Waals surface area contributed by atoms with Gasteiger partial charge in [0.05, 0.1) is 4.90 Å². The first-order valence-electron chi connectivity index (χ1n) is 10.2. The van der Waals surface area contributed by atoms with Crippen LogP contribution in [0.2, 0.25) is 0 Å². The third-order valence-corrected chi connectivity index (χ3v) is 6.95. The summed E-state index contributed by atoms with van der Waals surface area (Å²) in [5, 5.41) is 12.2. The number of carboxylic acid groups (broad SMARTS) is 1. The van der Waals surface area contributed by atoms with Gasteiger partial charge in [-0.2, -0.15) is 4.72 Å². The van der Waals surface area contributed by atoms with Gasteiger partial charge in [-0.15, -0.1) is 0 Å². The van der Waals surface area contributed by atoms with E-state index in [-0.39, 0.29) is 23.6 Å². The molecule has 0 spiro atoms. The topological polar surface area (TPSA) is 113 Å². The van der Waals surface area contributed by atoms with E-state index in [1.54, 1.807) is 12.1 Å². The third kappa shape index (κ3) is 7.24. The fourth-order valence-electron chi connectivity index (χ4n) is 3.12. The second kappa shape index (κ2) is 11.2. The second-order valence-electron chi connectivity index (χ2n) is 7.34. The van der Waals surface area contributed by atoms with Crippen LogP contribution >= 0.6 is 15.9 Å². The van der Waals surface area contributed by atoms with Crippen molar-refractivity contribution in [3.05, 3.63) is 88.9 Å². The molecular formula is C24H23BrN2O5S. The fraction of sp³-hybridized carbons (Fsp3) is 0.167. The molecule has 0 saturated heterocycles. The van der Waals surface area contributed by atoms with Crippen molar-refractivity contribution in [3.63, 3.8) is 0 Å². The summed E-state index contributed by atoms with van der Waals surface area (Å²) in [6, 6.07) is 21.6. The Morgan fingerprint density at radius 2 is 1.45 bits per heavy atom. The van der Waals surface area contributed by atoms with Gasteiger partial charge in [0.15, 0.2) is 0 Å². The highest BCUT2D eigenvalue weighted by molar-refractivity contribution is 9.10. The van der Waals surface area contributed by atoms with Gasteiger partial charge < -0.3 is 10.4 Å². The van der Waals surface area contributed by atoms with E-state index < -0.39 is 22.0 Å². The van der Waals surface area contributed by atoms with Gasteiger partial charge in [0.25, 0.3) is 0 Å². The van der Waals surface area contributed by atoms with Crippen molar-refractivity contribution < 1.29 is 23.1 Å². The zero-order valence-electron chi connectivity index (χ0n) is 17.6. The molecule has 3 N–H and O–H groups in total. The maximum atomic E-state index is 12.7. The minimum absolute atomic E-state index is 0.0526. The summed E-state index contributed by atoms with van der Waals surface area (Å²) in [5.41, 5.74) is 2.65. The van der Waals surface area contributed by atoms with E-state index in [1.165, 1.54) is 12.1 Å². The molecule has 3 aromatic rings. The third-order valence-electron chi connectivity index (χ3n) is 4.93. The average Bonchev–Trinajstić information content (AvgIpc) is 2.81. The number of carbonyl (C=O) groups is 2. The van der Waals surface area contributed by atoms with Crippen LogP contribution in [0, 0.1) is 0 Å². The van der Waals surface area contributed by atoms with Crippen LogP contribution < -0.4 is 10.0 Å². The lowest BCUT2D eigenvalue weighted by atomic mass is 10.1. The van der Waals surface area contributed by atoms with Gasteiger partial charge in [0.2, 0.25) is 15.9 Å². The number of aliphatic carboxylic acids is 1. The lowest BCUT2D eigenvalue weighted by Gasteiger charge is -2.15. The van der Waals surface area contributed by atoms with Crippen molar-refractivity contribution in [1.29, 1.82) is 0 Å². The largest absolute Gasteiger partial charge is 0.480 e. The fourth-order valence-corrected chi connectivity index (χ4v) is 4.61. The lowest BCUT2D eigenvalue weighted by molar-refractivity contribution is -0.139. The molecule has 0 aliphatic rings. The molecule has 0 heterocycles. The van der Waals surface area contributed by atoms with Crippen molar-refractivity contribution in [2.45, 2.75) is 30.3 Å². The summed E-state index contributed by atoms with van der Waals surface area (Å²) in [6.45, 7) is 0.313. The minimum Gasteiger partial charge on any atom is -0.480 e. The van der Waals surface area contributed by atoms with Crippen molar-refractivity contribution >= 4 is 37.8 Å². The summed E-state index contributed by atoms with van der Waals surface area (Å²) in [7, 11) is -4.08. The number of carbonyl (C=O) groups excluding carboxylic acids is 1. The summed E-state index contributed by atoms with van der Waals surface area (Å²) in [5.74, 6) is -1.70. The summed E-state index contributed by atoms with van der Waals surface area (Å²) in [4.78, 5) is 23.6. The number of sulfonamides is 1. The lowest BCUT2D eigenvalue weighted by Crippen LogP contribution is -2.41. The summed E-state index contributed by atoms with van der Waals surface area (Å²) >= 11 is 3.37. The zero-order chi connectivity index (χ0) is 23.8. The molecule has 0 fully saturated rings. The Hall–Kier alpha value is -3.01. The van der Waals surface area contributed by atoms with Gasteiger partial charge in [-0.3, -0.25) is 9.59 Å². The minimum atomic E-state index is -4.08. The standard InChI is InChI=1S/C24H23BrN2O5S/c25-20-10-6-18(7-11-20)19-8-12-21(13-9-19)33(31,32)27-22(24(29)30)14-15-23(28)26-16-17-4-2-1-3-5-17/h1-13,22,27H,14-16H2,(H,26,28)(H,29,30)/t22-/m0/s1. The number of rotatable bonds is 10. The predicted octanol–water partition coefficient (Wildman–Crippen LogP) is 3.94. The predicted molar refractivity (Wildman–Crippen MR) is 129 cm³/mol. The molecule has 0 aliphatic heterocycles. The highest BCUT2D eigenvalue weighted by Crippen LogP contribution is 2.23. The molecule has 1 atom stereocenters. The van der Waals surface area contributed by atoms with E-state index in [0.717, 1.165) is 21.2 Å². The summed E-state index contributed by atoms with van der Waals surface area (Å²) in [6.07, 6.45) is -0.305. The Balaban J connectivity index is 1.60. The van der Waals surface area contributed by atoms with Crippen LogP contribution in [0.5, 0.6) is 0 Å². The van der Waals surface area contributed by atoms with Crippen molar-refractivity contribution in [2.75, 3.05) is 0 Å². The average molecular weight is 531 g/mol. The molecule has 3 rings (SSSR count). The van der Waals surface area contributed by atoms with Gasteiger partial charge >= 0.3 is 5.97 Å². The van der Waals surface area contributed by atoms with Crippen LogP contribution in [-0.2, 0) is 26.2 Å². The number of carboxylic acids is 1. The molecular weight excluding hydrogens is 508 g/mol. The van der Waals surface area contributed by atoms with Crippen LogP contribution in [0.3, 0.4) is 0 Å². The molecule has 0 aliphatic carbocycles. The van der Waals surface area contributed by atoms with Gasteiger partial charge in [-0.25, -0.2) is 8.42 Å². The molecule has 9 heteroatoms. The molecule has 1 amide bonds. The van der Waals surface area contributed by atoms with Crippen molar-refractivity contribution in [3.8, 4) is 11.1 Å². The van der Waals surface area contributed by atoms with E-state index in [4.69, 9.17) is 0 Å². The number of hydrogen-bond donors (Lipinski definition) is 3. The number of hydrogen-bond acceptors (Lipinski definition) is 4. The molecule has 0 radical (unpaired) electrons. The number of nitrogens with one attached hydrogen (secondary N) is 2. The molecule has 3 aromatic carbocycles. The second-order valence-corrected chi connectivity index (χ2v) is 9.97. The van der Waals surface area contributed by atoms with E-state index in [0.29, 0.717) is 6.54 Å². The molecule has 0 saturated carbocycles. The van der Waals surface area contributed by atoms with Gasteiger partial charge in [0, 0.05) is 17.4 Å².